The molecule has 4 aromatic rings. The van der Waals surface area contributed by atoms with E-state index in [1.807, 2.05) is 63.2 Å². The van der Waals surface area contributed by atoms with Gasteiger partial charge in [-0.05, 0) is 44.0 Å². The second-order valence-corrected chi connectivity index (χ2v) is 10.4. The Morgan fingerprint density at radius 1 is 1.11 bits per heavy atom. The van der Waals surface area contributed by atoms with E-state index >= 15 is 0 Å². The number of H-pyrrole nitrogens is 1. The predicted molar refractivity (Wildman–Crippen MR) is 144 cm³/mol. The lowest BCUT2D eigenvalue weighted by atomic mass is 9.92. The average molecular weight is 525 g/mol. The Bertz CT molecular complexity index is 1400. The van der Waals surface area contributed by atoms with Crippen LogP contribution in [0.4, 0.5) is 0 Å². The van der Waals surface area contributed by atoms with Crippen LogP contribution in [0.1, 0.15) is 50.9 Å². The van der Waals surface area contributed by atoms with Crippen LogP contribution in [0.3, 0.4) is 0 Å². The second kappa shape index (κ2) is 10.8. The van der Waals surface area contributed by atoms with Crippen molar-refractivity contribution >= 4 is 23.2 Å². The Labute approximate surface area is 221 Å². The molecule has 0 bridgehead atoms. The molecule has 0 saturated carbocycles. The van der Waals surface area contributed by atoms with Crippen molar-refractivity contribution in [3.8, 4) is 22.9 Å². The van der Waals surface area contributed by atoms with E-state index in [4.69, 9.17) is 25.8 Å². The molecule has 0 aliphatic heterocycles. The van der Waals surface area contributed by atoms with Gasteiger partial charge in [-0.1, -0.05) is 69.1 Å². The number of para-hydroxylation sites is 1. The zero-order chi connectivity index (χ0) is 26.7. The normalized spacial score (nSPS) is 12.5. The molecule has 0 fully saturated rings. The summed E-state index contributed by atoms with van der Waals surface area (Å²) in [7, 11) is 0. The van der Waals surface area contributed by atoms with Crippen LogP contribution in [-0.4, -0.2) is 45.1 Å². The first-order chi connectivity index (χ1) is 17.6. The van der Waals surface area contributed by atoms with Crippen LogP contribution in [-0.2, 0) is 14.9 Å². The summed E-state index contributed by atoms with van der Waals surface area (Å²) in [6, 6.07) is 13.3. The number of carbonyl (C=O) groups is 1. The highest BCUT2D eigenvalue weighted by Gasteiger charge is 2.25. The molecule has 196 valence electrons. The van der Waals surface area contributed by atoms with Crippen LogP contribution in [0.15, 0.2) is 42.5 Å². The van der Waals surface area contributed by atoms with Crippen LogP contribution in [0.5, 0.6) is 11.5 Å². The van der Waals surface area contributed by atoms with Gasteiger partial charge in [0.05, 0.1) is 11.3 Å². The molecule has 2 heterocycles. The van der Waals surface area contributed by atoms with Crippen LogP contribution in [0.25, 0.3) is 17.0 Å². The highest BCUT2D eigenvalue weighted by atomic mass is 35.5. The quantitative estimate of drug-likeness (QED) is 0.211. The fourth-order valence-electron chi connectivity index (χ4n) is 3.96. The van der Waals surface area contributed by atoms with Crippen LogP contribution >= 0.6 is 11.6 Å². The number of benzene rings is 2. The number of nitrogens with zero attached hydrogens (tertiary/aromatic N) is 3. The smallest absolute Gasteiger partial charge is 0.347 e. The number of ether oxygens (including phenoxy) is 3. The number of esters is 1. The summed E-state index contributed by atoms with van der Waals surface area (Å²) in [5, 5.41) is 8.33. The summed E-state index contributed by atoms with van der Waals surface area (Å²) in [5.74, 6) is 1.32. The Balaban J connectivity index is 1.38. The molecule has 8 nitrogen and oxygen atoms in total. The molecule has 2 aromatic heterocycles. The highest BCUT2D eigenvalue weighted by Crippen LogP contribution is 2.33. The van der Waals surface area contributed by atoms with Gasteiger partial charge >= 0.3 is 5.97 Å². The molecule has 0 amide bonds. The third-order valence-electron chi connectivity index (χ3n) is 5.94. The van der Waals surface area contributed by atoms with Crippen molar-refractivity contribution in [2.45, 2.75) is 59.5 Å². The Hall–Kier alpha value is -3.52. The zero-order valence-electron chi connectivity index (χ0n) is 22.1. The van der Waals surface area contributed by atoms with Gasteiger partial charge in [0.25, 0.3) is 0 Å². The van der Waals surface area contributed by atoms with E-state index in [2.05, 4.69) is 36.0 Å². The number of carbonyl (C=O) groups excluding carboxylic acids is 1. The number of halogens is 1. The lowest BCUT2D eigenvalue weighted by molar-refractivity contribution is -0.152. The van der Waals surface area contributed by atoms with Crippen molar-refractivity contribution in [2.75, 3.05) is 13.2 Å². The lowest BCUT2D eigenvalue weighted by Crippen LogP contribution is -2.30. The topological polar surface area (TPSA) is 90.7 Å². The van der Waals surface area contributed by atoms with Gasteiger partial charge in [0.2, 0.25) is 0 Å². The number of nitrogens with one attached hydrogen (secondary N) is 1. The predicted octanol–water partition coefficient (Wildman–Crippen LogP) is 6.07. The van der Waals surface area contributed by atoms with E-state index in [1.54, 1.807) is 4.63 Å². The molecular formula is C28H33ClN4O4. The number of aromatic nitrogens is 4. The fraction of sp³-hybridized carbons (Fsp3) is 0.393. The molecule has 1 N–H and O–H groups in total. The van der Waals surface area contributed by atoms with Gasteiger partial charge in [0.15, 0.2) is 17.6 Å². The third-order valence-corrected chi connectivity index (χ3v) is 6.30. The van der Waals surface area contributed by atoms with Crippen molar-refractivity contribution < 1.29 is 19.0 Å². The molecular weight excluding hydrogens is 492 g/mol. The Morgan fingerprint density at radius 3 is 2.54 bits per heavy atom. The van der Waals surface area contributed by atoms with Crippen LogP contribution in [0, 0.1) is 13.8 Å². The molecule has 0 radical (unpaired) electrons. The molecule has 0 aliphatic rings. The monoisotopic (exact) mass is 524 g/mol. The van der Waals surface area contributed by atoms with Crippen LogP contribution < -0.4 is 9.47 Å². The zero-order valence-corrected chi connectivity index (χ0v) is 22.8. The minimum atomic E-state index is -0.686. The summed E-state index contributed by atoms with van der Waals surface area (Å²) in [5.41, 5.74) is 4.09. The summed E-state index contributed by atoms with van der Waals surface area (Å²) in [6.45, 7) is 12.3. The molecule has 2 aromatic carbocycles. The minimum absolute atomic E-state index is 0.0814. The lowest BCUT2D eigenvalue weighted by Gasteiger charge is -2.18. The fourth-order valence-corrected chi connectivity index (χ4v) is 4.40. The third kappa shape index (κ3) is 5.91. The average Bonchev–Trinajstić information content (AvgIpc) is 3.40. The van der Waals surface area contributed by atoms with Crippen molar-refractivity contribution in [1.29, 1.82) is 0 Å². The molecule has 0 aliphatic carbocycles. The van der Waals surface area contributed by atoms with Gasteiger partial charge in [-0.15, -0.1) is 5.10 Å². The first kappa shape index (κ1) is 26.5. The van der Waals surface area contributed by atoms with E-state index in [1.165, 1.54) is 0 Å². The Kier molecular flexibility index (Phi) is 7.78. The maximum atomic E-state index is 12.6. The SMILES string of the molecule is CCC(Oc1ccc(C)cc1C)C(=O)OCCOc1ccccc1-c1nc2c(Cl)c(C(C)(C)C)[nH]n2n1. The highest BCUT2D eigenvalue weighted by molar-refractivity contribution is 6.34. The molecule has 0 spiro atoms. The van der Waals surface area contributed by atoms with E-state index in [0.29, 0.717) is 40.0 Å². The van der Waals surface area contributed by atoms with Crippen molar-refractivity contribution in [3.63, 3.8) is 0 Å². The summed E-state index contributed by atoms with van der Waals surface area (Å²) in [4.78, 5) is 17.2. The molecule has 4 rings (SSSR count). The number of hydrogen-bond donors (Lipinski definition) is 1. The largest absolute Gasteiger partial charge is 0.489 e. The van der Waals surface area contributed by atoms with Gasteiger partial charge < -0.3 is 14.2 Å². The van der Waals surface area contributed by atoms with Gasteiger partial charge in [-0.3, -0.25) is 5.10 Å². The van der Waals surface area contributed by atoms with Crippen LogP contribution in [0.2, 0.25) is 5.02 Å². The van der Waals surface area contributed by atoms with Crippen molar-refractivity contribution in [1.82, 2.24) is 19.8 Å². The van der Waals surface area contributed by atoms with E-state index in [-0.39, 0.29) is 18.6 Å². The number of rotatable bonds is 9. The van der Waals surface area contributed by atoms with E-state index in [9.17, 15) is 4.79 Å². The van der Waals surface area contributed by atoms with Gasteiger partial charge in [0, 0.05) is 5.41 Å². The molecule has 1 unspecified atom stereocenters. The van der Waals surface area contributed by atoms with E-state index < -0.39 is 12.1 Å². The summed E-state index contributed by atoms with van der Waals surface area (Å²) in [6.07, 6.45) is -0.191. The van der Waals surface area contributed by atoms with E-state index in [0.717, 1.165) is 16.8 Å². The minimum Gasteiger partial charge on any atom is -0.489 e. The van der Waals surface area contributed by atoms with Gasteiger partial charge in [-0.25, -0.2) is 9.78 Å². The summed E-state index contributed by atoms with van der Waals surface area (Å²) >= 11 is 6.57. The Morgan fingerprint density at radius 2 is 1.86 bits per heavy atom. The molecule has 0 saturated heterocycles. The first-order valence-electron chi connectivity index (χ1n) is 12.4. The summed E-state index contributed by atoms with van der Waals surface area (Å²) < 4.78 is 18.9. The maximum Gasteiger partial charge on any atom is 0.347 e. The van der Waals surface area contributed by atoms with Crippen molar-refractivity contribution in [2.24, 2.45) is 0 Å². The number of aromatic amines is 1. The number of aryl methyl sites for hydroxylation is 2. The van der Waals surface area contributed by atoms with Crippen molar-refractivity contribution in [3.05, 3.63) is 64.3 Å². The maximum absolute atomic E-state index is 12.6. The second-order valence-electron chi connectivity index (χ2n) is 10.0. The number of fused-ring (bicyclic) bond motifs is 1. The van der Waals surface area contributed by atoms with Gasteiger partial charge in [0.1, 0.15) is 29.7 Å². The number of hydrogen-bond acceptors (Lipinski definition) is 6. The standard InChI is InChI=1S/C28H33ClN4O4/c1-7-20(37-21-13-12-17(2)16-18(21)3)27(34)36-15-14-35-22-11-9-8-10-19(22)25-30-26-23(29)24(28(4,5)6)31-33(26)32-25/h8-13,16,20,31H,7,14-15H2,1-6H3. The molecule has 37 heavy (non-hydrogen) atoms. The molecule has 9 heteroatoms. The van der Waals surface area contributed by atoms with Gasteiger partial charge in [-0.2, -0.15) is 4.63 Å². The molecule has 1 atom stereocenters. The first-order valence-corrected chi connectivity index (χ1v) is 12.7.